The molecule has 5 rings (SSSR count). The third kappa shape index (κ3) is 7.05. The van der Waals surface area contributed by atoms with Crippen molar-refractivity contribution < 1.29 is 23.7 Å². The second-order valence-corrected chi connectivity index (χ2v) is 13.2. The van der Waals surface area contributed by atoms with Crippen LogP contribution in [0.3, 0.4) is 0 Å². The van der Waals surface area contributed by atoms with Crippen molar-refractivity contribution in [2.75, 3.05) is 20.8 Å². The van der Waals surface area contributed by atoms with Gasteiger partial charge in [0.25, 0.3) is 5.56 Å². The Morgan fingerprint density at radius 2 is 1.82 bits per heavy atom. The summed E-state index contributed by atoms with van der Waals surface area (Å²) in [5.74, 6) is 1.23. The van der Waals surface area contributed by atoms with Crippen molar-refractivity contribution in [2.24, 2.45) is 4.99 Å². The van der Waals surface area contributed by atoms with Gasteiger partial charge in [-0.3, -0.25) is 9.36 Å². The number of esters is 1. The van der Waals surface area contributed by atoms with E-state index in [1.165, 1.54) is 11.3 Å². The Balaban J connectivity index is 1.66. The van der Waals surface area contributed by atoms with Crippen LogP contribution in [0.1, 0.15) is 49.4 Å². The minimum Gasteiger partial charge on any atom is -0.496 e. The van der Waals surface area contributed by atoms with Crippen LogP contribution in [-0.4, -0.2) is 31.4 Å². The number of thiazole rings is 1. The summed E-state index contributed by atoms with van der Waals surface area (Å²) in [6.07, 6.45) is 3.12. The van der Waals surface area contributed by atoms with Crippen molar-refractivity contribution >= 4 is 61.9 Å². The van der Waals surface area contributed by atoms with Crippen LogP contribution in [0.25, 0.3) is 6.08 Å². The largest absolute Gasteiger partial charge is 0.496 e. The standard InChI is InChI=1S/C34H32BrIN2O6S/c1-5-10-25-29(33(40)43-6-2)30(23-18-22(35)13-14-26(23)41-3)38-32(39)28(45-34(38)37-25)17-21-15-24(36)31(27(16-21)42-4)44-19-20-11-8-7-9-12-20/h7-9,11-18,30H,5-6,10,19H2,1-4H3/b28-17+/t30-/m0/s1. The van der Waals surface area contributed by atoms with Crippen LogP contribution in [0.2, 0.25) is 0 Å². The quantitative estimate of drug-likeness (QED) is 0.127. The number of hydrogen-bond donors (Lipinski definition) is 0. The second kappa shape index (κ2) is 14.8. The molecule has 0 bridgehead atoms. The molecule has 1 aliphatic heterocycles. The molecule has 234 valence electrons. The number of nitrogens with zero attached hydrogens (tertiary/aromatic N) is 2. The van der Waals surface area contributed by atoms with Gasteiger partial charge in [0, 0.05) is 10.0 Å². The Morgan fingerprint density at radius 1 is 1.07 bits per heavy atom. The van der Waals surface area contributed by atoms with Gasteiger partial charge in [0.05, 0.1) is 40.2 Å². The molecule has 3 aromatic carbocycles. The van der Waals surface area contributed by atoms with Gasteiger partial charge in [0.1, 0.15) is 18.4 Å². The van der Waals surface area contributed by atoms with Crippen molar-refractivity contribution in [1.82, 2.24) is 4.57 Å². The Kier molecular flexibility index (Phi) is 10.8. The molecular weight excluding hydrogens is 771 g/mol. The summed E-state index contributed by atoms with van der Waals surface area (Å²) in [5.41, 5.74) is 3.13. The molecule has 0 saturated heterocycles. The van der Waals surface area contributed by atoms with Gasteiger partial charge >= 0.3 is 5.97 Å². The van der Waals surface area contributed by atoms with Crippen LogP contribution >= 0.6 is 49.9 Å². The van der Waals surface area contributed by atoms with Crippen LogP contribution in [0.4, 0.5) is 0 Å². The lowest BCUT2D eigenvalue weighted by Crippen LogP contribution is -2.40. The molecule has 0 unspecified atom stereocenters. The topological polar surface area (TPSA) is 88.4 Å². The van der Waals surface area contributed by atoms with Gasteiger partial charge in [-0.2, -0.15) is 0 Å². The van der Waals surface area contributed by atoms with E-state index in [2.05, 4.69) is 38.5 Å². The maximum Gasteiger partial charge on any atom is 0.338 e. The number of fused-ring (bicyclic) bond motifs is 1. The van der Waals surface area contributed by atoms with Gasteiger partial charge in [0.15, 0.2) is 16.3 Å². The number of rotatable bonds is 11. The first-order chi connectivity index (χ1) is 21.8. The molecule has 0 spiro atoms. The number of carbonyl (C=O) groups excluding carboxylic acids is 1. The first-order valence-corrected chi connectivity index (χ1v) is 17.1. The summed E-state index contributed by atoms with van der Waals surface area (Å²) in [6, 6.07) is 18.5. The number of halogens is 2. The molecule has 0 amide bonds. The van der Waals surface area contributed by atoms with E-state index in [0.717, 1.165) is 25.6 Å². The molecule has 1 aromatic heterocycles. The van der Waals surface area contributed by atoms with Crippen LogP contribution < -0.4 is 29.1 Å². The van der Waals surface area contributed by atoms with Gasteiger partial charge in [-0.05, 0) is 83.5 Å². The normalized spacial score (nSPS) is 14.5. The maximum absolute atomic E-state index is 14.2. The Hall–Kier alpha value is -3.42. The number of carbonyl (C=O) groups is 1. The molecule has 0 aliphatic carbocycles. The zero-order valence-electron chi connectivity index (χ0n) is 25.3. The van der Waals surface area contributed by atoms with E-state index in [9.17, 15) is 9.59 Å². The predicted octanol–water partition coefficient (Wildman–Crippen LogP) is 6.54. The number of allylic oxidation sites excluding steroid dienone is 1. The highest BCUT2D eigenvalue weighted by molar-refractivity contribution is 14.1. The molecule has 8 nitrogen and oxygen atoms in total. The fourth-order valence-corrected chi connectivity index (χ4v) is 7.36. The fraction of sp³-hybridized carbons (Fsp3) is 0.265. The SMILES string of the molecule is CCCC1=C(C(=O)OCC)[C@H](c2cc(Br)ccc2OC)n2c(s/c(=C/c3cc(I)c(OCc4ccccc4)c(OC)c3)c2=O)=N1. The van der Waals surface area contributed by atoms with Crippen molar-refractivity contribution in [1.29, 1.82) is 0 Å². The van der Waals surface area contributed by atoms with Crippen molar-refractivity contribution in [3.63, 3.8) is 0 Å². The van der Waals surface area contributed by atoms with Crippen LogP contribution in [0.5, 0.6) is 17.2 Å². The molecule has 11 heteroatoms. The fourth-order valence-electron chi connectivity index (χ4n) is 5.18. The molecule has 45 heavy (non-hydrogen) atoms. The van der Waals surface area contributed by atoms with Crippen LogP contribution in [0, 0.1) is 3.57 Å². The Bertz CT molecular complexity index is 1940. The summed E-state index contributed by atoms with van der Waals surface area (Å²) < 4.78 is 26.7. The van der Waals surface area contributed by atoms with E-state index < -0.39 is 12.0 Å². The maximum atomic E-state index is 14.2. The third-order valence-corrected chi connectivity index (χ3v) is 9.43. The van der Waals surface area contributed by atoms with Gasteiger partial charge in [-0.15, -0.1) is 0 Å². The molecule has 0 radical (unpaired) electrons. The van der Waals surface area contributed by atoms with Crippen molar-refractivity contribution in [3.8, 4) is 17.2 Å². The summed E-state index contributed by atoms with van der Waals surface area (Å²) in [6.45, 7) is 4.38. The molecule has 1 aliphatic rings. The zero-order valence-corrected chi connectivity index (χ0v) is 29.8. The first-order valence-electron chi connectivity index (χ1n) is 14.4. The summed E-state index contributed by atoms with van der Waals surface area (Å²) >= 11 is 7.05. The highest BCUT2D eigenvalue weighted by atomic mass is 127. The minimum absolute atomic E-state index is 0.194. The average Bonchev–Trinajstić information content (AvgIpc) is 3.34. The molecule has 0 saturated carbocycles. The van der Waals surface area contributed by atoms with Gasteiger partial charge in [-0.1, -0.05) is 70.9 Å². The lowest BCUT2D eigenvalue weighted by atomic mass is 9.93. The third-order valence-electron chi connectivity index (χ3n) is 7.15. The van der Waals surface area contributed by atoms with E-state index in [0.29, 0.717) is 56.4 Å². The molecule has 0 N–H and O–H groups in total. The van der Waals surface area contributed by atoms with Gasteiger partial charge < -0.3 is 18.9 Å². The Labute approximate surface area is 287 Å². The lowest BCUT2D eigenvalue weighted by molar-refractivity contribution is -0.139. The van der Waals surface area contributed by atoms with Gasteiger partial charge in [-0.25, -0.2) is 9.79 Å². The van der Waals surface area contributed by atoms with Crippen LogP contribution in [0.15, 0.2) is 86.2 Å². The number of aromatic nitrogens is 1. The first kappa shape index (κ1) is 33.0. The molecular formula is C34H32BrIN2O6S. The highest BCUT2D eigenvalue weighted by Crippen LogP contribution is 2.39. The monoisotopic (exact) mass is 802 g/mol. The zero-order chi connectivity index (χ0) is 32.1. The van der Waals surface area contributed by atoms with E-state index >= 15 is 0 Å². The second-order valence-electron chi connectivity index (χ2n) is 10.1. The summed E-state index contributed by atoms with van der Waals surface area (Å²) in [4.78, 5) is 33.1. The van der Waals surface area contributed by atoms with E-state index in [1.54, 1.807) is 25.7 Å². The summed E-state index contributed by atoms with van der Waals surface area (Å²) in [5, 5.41) is 0. The molecule has 0 fully saturated rings. The van der Waals surface area contributed by atoms with E-state index in [-0.39, 0.29) is 12.2 Å². The highest BCUT2D eigenvalue weighted by Gasteiger charge is 2.36. The van der Waals surface area contributed by atoms with Crippen molar-refractivity contribution in [3.05, 3.63) is 116 Å². The lowest BCUT2D eigenvalue weighted by Gasteiger charge is -2.27. The summed E-state index contributed by atoms with van der Waals surface area (Å²) in [7, 11) is 3.16. The number of benzene rings is 3. The number of methoxy groups -OCH3 is 2. The van der Waals surface area contributed by atoms with Crippen LogP contribution in [-0.2, 0) is 16.1 Å². The van der Waals surface area contributed by atoms with E-state index in [4.69, 9.17) is 23.9 Å². The minimum atomic E-state index is -0.792. The molecule has 2 heterocycles. The predicted molar refractivity (Wildman–Crippen MR) is 187 cm³/mol. The molecule has 1 atom stereocenters. The van der Waals surface area contributed by atoms with Gasteiger partial charge in [0.2, 0.25) is 0 Å². The smallest absolute Gasteiger partial charge is 0.338 e. The number of hydrogen-bond acceptors (Lipinski definition) is 8. The average molecular weight is 804 g/mol. The number of ether oxygens (including phenoxy) is 4. The van der Waals surface area contributed by atoms with Crippen molar-refractivity contribution in [2.45, 2.75) is 39.3 Å². The molecule has 4 aromatic rings. The Morgan fingerprint density at radius 3 is 2.51 bits per heavy atom. The van der Waals surface area contributed by atoms with E-state index in [1.807, 2.05) is 73.7 Å².